The first-order valence-corrected chi connectivity index (χ1v) is 6.11. The minimum Gasteiger partial charge on any atom is -0.418 e. The van der Waals surface area contributed by atoms with Gasteiger partial charge in [-0.15, -0.1) is 0 Å². The maximum atomic E-state index is 11.8. The van der Waals surface area contributed by atoms with Crippen LogP contribution in [0.25, 0.3) is 6.08 Å². The second kappa shape index (κ2) is 6.21. The van der Waals surface area contributed by atoms with Crippen LogP contribution in [0.5, 0.6) is 0 Å². The number of rotatable bonds is 4. The van der Waals surface area contributed by atoms with E-state index < -0.39 is 0 Å². The van der Waals surface area contributed by atoms with Crippen molar-refractivity contribution < 1.29 is 14.3 Å². The number of nitrogens with zero attached hydrogens (tertiary/aromatic N) is 1. The van der Waals surface area contributed by atoms with Gasteiger partial charge in [-0.1, -0.05) is 30.3 Å². The van der Waals surface area contributed by atoms with Gasteiger partial charge in [-0.05, 0) is 18.6 Å². The summed E-state index contributed by atoms with van der Waals surface area (Å²) in [4.78, 5) is 13.4. The lowest BCUT2D eigenvalue weighted by Crippen LogP contribution is -2.47. The van der Waals surface area contributed by atoms with Gasteiger partial charge in [0.1, 0.15) is 6.23 Å². The molecule has 1 aromatic carbocycles. The molecular weight excluding hydrogens is 230 g/mol. The average Bonchev–Trinajstić information content (AvgIpc) is 2.34. The third-order valence-corrected chi connectivity index (χ3v) is 2.83. The fourth-order valence-electron chi connectivity index (χ4n) is 1.72. The molecule has 0 saturated carbocycles. The highest BCUT2D eigenvalue weighted by Gasteiger charge is 2.29. The highest BCUT2D eigenvalue weighted by atomic mass is 16.6. The molecule has 1 heterocycles. The Balaban J connectivity index is 1.85. The molecule has 1 saturated heterocycles. The number of ether oxygens (including phenoxy) is 2. The zero-order chi connectivity index (χ0) is 12.8. The van der Waals surface area contributed by atoms with Crippen LogP contribution in [0.3, 0.4) is 0 Å². The quantitative estimate of drug-likeness (QED) is 0.768. The Kier molecular flexibility index (Phi) is 4.36. The van der Waals surface area contributed by atoms with Crippen LogP contribution in [-0.2, 0) is 9.47 Å². The molecule has 0 radical (unpaired) electrons. The minimum atomic E-state index is -0.366. The van der Waals surface area contributed by atoms with E-state index in [4.69, 9.17) is 9.47 Å². The lowest BCUT2D eigenvalue weighted by molar-refractivity contribution is -0.130. The average molecular weight is 247 g/mol. The summed E-state index contributed by atoms with van der Waals surface area (Å²) in [6.07, 6.45) is 3.57. The Morgan fingerprint density at radius 1 is 1.50 bits per heavy atom. The molecule has 1 fully saturated rings. The molecule has 0 spiro atoms. The van der Waals surface area contributed by atoms with Crippen LogP contribution in [-0.4, -0.2) is 30.4 Å². The highest BCUT2D eigenvalue weighted by molar-refractivity contribution is 5.69. The van der Waals surface area contributed by atoms with Crippen molar-refractivity contribution in [3.63, 3.8) is 0 Å². The smallest absolute Gasteiger partial charge is 0.416 e. The second-order valence-electron chi connectivity index (χ2n) is 4.00. The van der Waals surface area contributed by atoms with Crippen molar-refractivity contribution in [2.45, 2.75) is 19.6 Å². The molecule has 1 aliphatic heterocycles. The predicted molar refractivity (Wildman–Crippen MR) is 68.7 cm³/mol. The molecule has 2 rings (SSSR count). The van der Waals surface area contributed by atoms with Gasteiger partial charge in [0.2, 0.25) is 0 Å². The highest BCUT2D eigenvalue weighted by Crippen LogP contribution is 2.17. The summed E-state index contributed by atoms with van der Waals surface area (Å²) < 4.78 is 10.4. The number of carbonyl (C=O) groups is 1. The van der Waals surface area contributed by atoms with E-state index in [1.165, 1.54) is 6.26 Å². The van der Waals surface area contributed by atoms with E-state index in [1.807, 2.05) is 37.3 Å². The van der Waals surface area contributed by atoms with Crippen molar-refractivity contribution in [2.75, 3.05) is 13.2 Å². The number of amides is 1. The normalized spacial score (nSPS) is 18.4. The molecule has 4 nitrogen and oxygen atoms in total. The van der Waals surface area contributed by atoms with Crippen LogP contribution in [0.4, 0.5) is 4.79 Å². The molecule has 0 N–H and O–H groups in total. The summed E-state index contributed by atoms with van der Waals surface area (Å²) in [5.74, 6) is 0. The van der Waals surface area contributed by atoms with Gasteiger partial charge in [-0.2, -0.15) is 0 Å². The Labute approximate surface area is 107 Å². The van der Waals surface area contributed by atoms with E-state index in [1.54, 1.807) is 11.0 Å². The van der Waals surface area contributed by atoms with Crippen molar-refractivity contribution in [1.82, 2.24) is 4.90 Å². The Bertz CT molecular complexity index is 412. The maximum Gasteiger partial charge on any atom is 0.416 e. The molecule has 0 bridgehead atoms. The third-order valence-electron chi connectivity index (χ3n) is 2.83. The van der Waals surface area contributed by atoms with Gasteiger partial charge in [0.15, 0.2) is 0 Å². The summed E-state index contributed by atoms with van der Waals surface area (Å²) in [6.45, 7) is 3.21. The van der Waals surface area contributed by atoms with Gasteiger partial charge >= 0.3 is 6.09 Å². The predicted octanol–water partition coefficient (Wildman–Crippen LogP) is 2.86. The van der Waals surface area contributed by atoms with Crippen molar-refractivity contribution in [3.8, 4) is 0 Å². The van der Waals surface area contributed by atoms with Crippen LogP contribution in [0.1, 0.15) is 18.9 Å². The Hall–Kier alpha value is -1.81. The first-order chi connectivity index (χ1) is 8.81. The Morgan fingerprint density at radius 2 is 2.22 bits per heavy atom. The van der Waals surface area contributed by atoms with Gasteiger partial charge in [0.25, 0.3) is 0 Å². The standard InChI is InChI=1S/C14H17NO3/c1-2-15(13-9-11-17-13)14(16)18-10-8-12-6-4-3-5-7-12/h3-8,10,13H,2,9,11H2,1H3. The van der Waals surface area contributed by atoms with Gasteiger partial charge in [0, 0.05) is 13.0 Å². The van der Waals surface area contributed by atoms with E-state index in [0.29, 0.717) is 13.2 Å². The first-order valence-electron chi connectivity index (χ1n) is 6.11. The molecule has 1 aliphatic rings. The van der Waals surface area contributed by atoms with Crippen LogP contribution in [0, 0.1) is 0 Å². The molecule has 1 unspecified atom stereocenters. The van der Waals surface area contributed by atoms with Gasteiger partial charge in [-0.25, -0.2) is 4.79 Å². The number of hydrogen-bond acceptors (Lipinski definition) is 3. The molecule has 1 atom stereocenters. The summed E-state index contributed by atoms with van der Waals surface area (Å²) in [5.41, 5.74) is 0.994. The molecule has 4 heteroatoms. The number of benzene rings is 1. The fourth-order valence-corrected chi connectivity index (χ4v) is 1.72. The van der Waals surface area contributed by atoms with E-state index in [2.05, 4.69) is 0 Å². The molecular formula is C14H17NO3. The van der Waals surface area contributed by atoms with Crippen molar-refractivity contribution in [3.05, 3.63) is 42.2 Å². The maximum absolute atomic E-state index is 11.8. The van der Waals surface area contributed by atoms with Crippen molar-refractivity contribution >= 4 is 12.2 Å². The third kappa shape index (κ3) is 3.11. The van der Waals surface area contributed by atoms with E-state index in [0.717, 1.165) is 12.0 Å². The minimum absolute atomic E-state index is 0.118. The van der Waals surface area contributed by atoms with Crippen LogP contribution in [0.15, 0.2) is 36.6 Å². The molecule has 96 valence electrons. The summed E-state index contributed by atoms with van der Waals surface area (Å²) in [5, 5.41) is 0. The largest absolute Gasteiger partial charge is 0.418 e. The van der Waals surface area contributed by atoms with E-state index in [9.17, 15) is 4.79 Å². The molecule has 0 aromatic heterocycles. The molecule has 18 heavy (non-hydrogen) atoms. The zero-order valence-electron chi connectivity index (χ0n) is 10.4. The monoisotopic (exact) mass is 247 g/mol. The second-order valence-corrected chi connectivity index (χ2v) is 4.00. The summed E-state index contributed by atoms with van der Waals surface area (Å²) in [7, 11) is 0. The molecule has 0 aliphatic carbocycles. The topological polar surface area (TPSA) is 38.8 Å². The summed E-state index contributed by atoms with van der Waals surface area (Å²) in [6, 6.07) is 9.69. The van der Waals surface area contributed by atoms with Crippen LogP contribution in [0.2, 0.25) is 0 Å². The van der Waals surface area contributed by atoms with Gasteiger partial charge in [0.05, 0.1) is 12.9 Å². The van der Waals surface area contributed by atoms with Gasteiger partial charge in [-0.3, -0.25) is 4.90 Å². The van der Waals surface area contributed by atoms with Crippen molar-refractivity contribution in [2.24, 2.45) is 0 Å². The molecule has 1 amide bonds. The Morgan fingerprint density at radius 3 is 2.78 bits per heavy atom. The van der Waals surface area contributed by atoms with Crippen molar-refractivity contribution in [1.29, 1.82) is 0 Å². The zero-order valence-corrected chi connectivity index (χ0v) is 10.4. The lowest BCUT2D eigenvalue weighted by atomic mass is 10.2. The SMILES string of the molecule is CCN(C(=O)OC=Cc1ccccc1)C1CCO1. The van der Waals surface area contributed by atoms with Gasteiger partial charge < -0.3 is 9.47 Å². The van der Waals surface area contributed by atoms with Crippen LogP contribution < -0.4 is 0 Å². The van der Waals surface area contributed by atoms with E-state index >= 15 is 0 Å². The molecule has 1 aromatic rings. The van der Waals surface area contributed by atoms with Crippen LogP contribution >= 0.6 is 0 Å². The summed E-state index contributed by atoms with van der Waals surface area (Å²) >= 11 is 0. The first kappa shape index (κ1) is 12.6. The lowest BCUT2D eigenvalue weighted by Gasteiger charge is -2.35. The fraction of sp³-hybridized carbons (Fsp3) is 0.357. The van der Waals surface area contributed by atoms with E-state index in [-0.39, 0.29) is 12.3 Å². The number of hydrogen-bond donors (Lipinski definition) is 0. The number of carbonyl (C=O) groups excluding carboxylic acids is 1.